The molecule has 0 amide bonds. The van der Waals surface area contributed by atoms with Gasteiger partial charge in [-0.3, -0.25) is 0 Å². The predicted molar refractivity (Wildman–Crippen MR) is 206 cm³/mol. The first-order valence-electron chi connectivity index (χ1n) is 17.7. The Balaban J connectivity index is 1.31. The summed E-state index contributed by atoms with van der Waals surface area (Å²) in [5.74, 6) is 0. The molecule has 50 heavy (non-hydrogen) atoms. The fraction of sp³-hybridized carbons (Fsp3) is 0.349. The molecule has 0 bridgehead atoms. The number of hydrogen-bond acceptors (Lipinski definition) is 5. The van der Waals surface area contributed by atoms with Gasteiger partial charge in [-0.05, 0) is 0 Å². The van der Waals surface area contributed by atoms with E-state index in [-0.39, 0.29) is 50.7 Å². The van der Waals surface area contributed by atoms with Crippen LogP contribution in [0.1, 0.15) is 39.2 Å². The summed E-state index contributed by atoms with van der Waals surface area (Å²) in [5.41, 5.74) is 1.12. The van der Waals surface area contributed by atoms with Crippen molar-refractivity contribution in [2.75, 3.05) is 6.61 Å². The van der Waals surface area contributed by atoms with Gasteiger partial charge in [0.2, 0.25) is 0 Å². The van der Waals surface area contributed by atoms with E-state index in [2.05, 4.69) is 143 Å². The van der Waals surface area contributed by atoms with Crippen LogP contribution in [0.25, 0.3) is 0 Å². The summed E-state index contributed by atoms with van der Waals surface area (Å²) >= 11 is 0.224. The normalized spacial score (nSPS) is 25.0. The van der Waals surface area contributed by atoms with Crippen LogP contribution < -0.4 is 14.8 Å². The maximum absolute atomic E-state index is 7.49. The molecule has 2 heterocycles. The van der Waals surface area contributed by atoms with Crippen molar-refractivity contribution in [1.29, 1.82) is 0 Å². The molecular weight excluding hydrogens is 704 g/mol. The van der Waals surface area contributed by atoms with Crippen LogP contribution in [0.3, 0.4) is 0 Å². The molecule has 4 aromatic carbocycles. The summed E-state index contributed by atoms with van der Waals surface area (Å²) in [6.45, 7) is 11.9. The van der Waals surface area contributed by atoms with Crippen LogP contribution in [0.4, 0.5) is 0 Å². The number of ether oxygens (including phenoxy) is 4. The molecule has 1 saturated heterocycles. The van der Waals surface area contributed by atoms with E-state index in [0.717, 1.165) is 17.3 Å². The average molecular weight is 754 g/mol. The molecule has 0 aromatic heterocycles. The average Bonchev–Trinajstić information content (AvgIpc) is 3.23. The van der Waals surface area contributed by atoms with Crippen LogP contribution in [-0.4, -0.2) is 66.7 Å². The van der Waals surface area contributed by atoms with Crippen molar-refractivity contribution in [3.05, 3.63) is 152 Å². The van der Waals surface area contributed by atoms with E-state index in [4.69, 9.17) is 23.4 Å². The van der Waals surface area contributed by atoms with E-state index in [1.54, 1.807) is 0 Å². The standard InChI is InChI=1S/C43H50O5SeSi/c1-5-37-42-39(47-41(46-37)32-49-34-22-12-7-13-23-34)29-19-18-28-38(44-30-33-20-10-6-11-21-33)40(48-42)31-45-50(43(2,3)4,35-24-14-8-15-25-35)36-26-16-9-17-27-36/h5-27,37-42H,1,28-32H2,2-4H3/b19-18-/t37?,38-,39-,40+,41?,42+/m0/s1. The molecule has 6 atom stereocenters. The molecule has 6 rings (SSSR count). The Morgan fingerprint density at radius 1 is 0.760 bits per heavy atom. The first-order valence-corrected chi connectivity index (χ1v) is 21.7. The van der Waals surface area contributed by atoms with Gasteiger partial charge in [-0.25, -0.2) is 0 Å². The van der Waals surface area contributed by atoms with Gasteiger partial charge in [0.25, 0.3) is 0 Å². The summed E-state index contributed by atoms with van der Waals surface area (Å²) in [7, 11) is -2.85. The molecule has 1 fully saturated rings. The molecule has 7 heteroatoms. The summed E-state index contributed by atoms with van der Waals surface area (Å²) in [5, 5.41) is 3.11. The van der Waals surface area contributed by atoms with Gasteiger partial charge in [-0.1, -0.05) is 54.6 Å². The minimum absolute atomic E-state index is 0.175. The van der Waals surface area contributed by atoms with Gasteiger partial charge < -0.3 is 0 Å². The molecular formula is C43H50O5SeSi. The van der Waals surface area contributed by atoms with Crippen LogP contribution in [0.5, 0.6) is 0 Å². The van der Waals surface area contributed by atoms with E-state index in [9.17, 15) is 0 Å². The molecule has 5 nitrogen and oxygen atoms in total. The van der Waals surface area contributed by atoms with Gasteiger partial charge in [0.1, 0.15) is 0 Å². The Bertz CT molecular complexity index is 1590. The number of benzene rings is 4. The van der Waals surface area contributed by atoms with E-state index in [1.807, 2.05) is 24.3 Å². The van der Waals surface area contributed by atoms with Crippen LogP contribution in [0.15, 0.2) is 146 Å². The Hall–Kier alpha value is -3.10. The molecule has 0 aliphatic carbocycles. The monoisotopic (exact) mass is 754 g/mol. The van der Waals surface area contributed by atoms with Crippen LogP contribution in [-0.2, 0) is 30.0 Å². The first kappa shape index (κ1) is 36.7. The quantitative estimate of drug-likeness (QED) is 0.115. The van der Waals surface area contributed by atoms with E-state index >= 15 is 0 Å². The molecule has 2 aliphatic rings. The molecule has 0 N–H and O–H groups in total. The van der Waals surface area contributed by atoms with Gasteiger partial charge in [-0.15, -0.1) is 0 Å². The Kier molecular flexibility index (Phi) is 12.8. The third-order valence-corrected chi connectivity index (χ3v) is 16.7. The van der Waals surface area contributed by atoms with Crippen molar-refractivity contribution < 1.29 is 23.4 Å². The Morgan fingerprint density at radius 3 is 1.94 bits per heavy atom. The summed E-state index contributed by atoms with van der Waals surface area (Å²) < 4.78 is 36.0. The Morgan fingerprint density at radius 2 is 1.34 bits per heavy atom. The van der Waals surface area contributed by atoms with Gasteiger partial charge in [0, 0.05) is 0 Å². The SMILES string of the molecule is C=CC1OC(C[Se]c2ccccc2)O[C@H]2C/C=C\C[C@H](OCc3ccccc3)[C@@H](CO[Si](c3ccccc3)(c3ccccc3)C(C)(C)C)O[C@H]12. The minimum atomic E-state index is -2.85. The van der Waals surface area contributed by atoms with Crippen LogP contribution in [0, 0.1) is 0 Å². The summed E-state index contributed by atoms with van der Waals surface area (Å²) in [6.07, 6.45) is 5.87. The van der Waals surface area contributed by atoms with Crippen molar-refractivity contribution in [2.45, 2.75) is 87.4 Å². The maximum atomic E-state index is 7.49. The second-order valence-corrected chi connectivity index (χ2v) is 20.6. The second kappa shape index (κ2) is 17.4. The van der Waals surface area contributed by atoms with Gasteiger partial charge >= 0.3 is 253 Å². The van der Waals surface area contributed by atoms with Crippen molar-refractivity contribution in [3.63, 3.8) is 0 Å². The third kappa shape index (κ3) is 8.85. The molecule has 262 valence electrons. The van der Waals surface area contributed by atoms with Crippen LogP contribution >= 0.6 is 0 Å². The van der Waals surface area contributed by atoms with Crippen molar-refractivity contribution >= 4 is 38.1 Å². The first-order chi connectivity index (χ1) is 24.4. The van der Waals surface area contributed by atoms with E-state index in [1.165, 1.54) is 14.8 Å². The summed E-state index contributed by atoms with van der Waals surface area (Å²) in [6, 6.07) is 42.4. The van der Waals surface area contributed by atoms with Gasteiger partial charge in [0.05, 0.1) is 0 Å². The molecule has 0 saturated carbocycles. The summed E-state index contributed by atoms with van der Waals surface area (Å²) in [4.78, 5) is 0. The fourth-order valence-corrected chi connectivity index (χ4v) is 13.4. The number of hydrogen-bond donors (Lipinski definition) is 0. The molecule has 2 unspecified atom stereocenters. The van der Waals surface area contributed by atoms with E-state index < -0.39 is 14.4 Å². The molecule has 2 aliphatic heterocycles. The van der Waals surface area contributed by atoms with E-state index in [0.29, 0.717) is 19.6 Å². The van der Waals surface area contributed by atoms with Crippen molar-refractivity contribution in [3.8, 4) is 0 Å². The molecule has 4 aromatic rings. The van der Waals surface area contributed by atoms with Gasteiger partial charge in [-0.2, -0.15) is 0 Å². The predicted octanol–water partition coefficient (Wildman–Crippen LogP) is 7.00. The Labute approximate surface area is 305 Å². The topological polar surface area (TPSA) is 46.2 Å². The zero-order valence-electron chi connectivity index (χ0n) is 29.4. The number of rotatable bonds is 12. The zero-order chi connectivity index (χ0) is 34.8. The zero-order valence-corrected chi connectivity index (χ0v) is 32.1. The van der Waals surface area contributed by atoms with Crippen molar-refractivity contribution in [1.82, 2.24) is 0 Å². The fourth-order valence-electron chi connectivity index (χ4n) is 7.04. The van der Waals surface area contributed by atoms with Gasteiger partial charge in [0.15, 0.2) is 0 Å². The second-order valence-electron chi connectivity index (χ2n) is 14.0. The van der Waals surface area contributed by atoms with Crippen molar-refractivity contribution in [2.24, 2.45) is 0 Å². The van der Waals surface area contributed by atoms with Crippen LogP contribution in [0.2, 0.25) is 10.4 Å². The third-order valence-electron chi connectivity index (χ3n) is 9.53. The molecule has 0 radical (unpaired) electrons. The number of fused-ring (bicyclic) bond motifs is 1. The molecule has 0 spiro atoms.